The van der Waals surface area contributed by atoms with Crippen LogP contribution in [0.2, 0.25) is 0 Å². The largest absolute Gasteiger partial charge is 0.465 e. The van der Waals surface area contributed by atoms with Crippen LogP contribution in [0.3, 0.4) is 0 Å². The maximum absolute atomic E-state index is 15.1. The molecule has 0 bridgehead atoms. The molecule has 0 atom stereocenters. The van der Waals surface area contributed by atoms with Crippen molar-refractivity contribution in [1.82, 2.24) is 19.0 Å². The summed E-state index contributed by atoms with van der Waals surface area (Å²) >= 11 is 0. The van der Waals surface area contributed by atoms with Crippen LogP contribution in [0.1, 0.15) is 48.2 Å². The third kappa shape index (κ3) is 5.60. The maximum Gasteiger partial charge on any atom is 0.336 e. The van der Waals surface area contributed by atoms with Gasteiger partial charge in [-0.15, -0.1) is 0 Å². The molecule has 12 heteroatoms. The summed E-state index contributed by atoms with van der Waals surface area (Å²) in [6.45, 7) is 4.27. The van der Waals surface area contributed by atoms with Gasteiger partial charge in [0, 0.05) is 24.2 Å². The second-order valence-corrected chi connectivity index (χ2v) is 10.5. The van der Waals surface area contributed by atoms with Crippen molar-refractivity contribution in [2.45, 2.75) is 52.6 Å². The standard InChI is InChI=1S/C31H32FN5O6/c1-5-18-10-13-23(22(32)14-18)34-27-25-26(17(3)29(40)35(27)4)37(31(42)36(30(25)41)16-24(38)43-6-2)21-9-7-8-19(15-21)28(39)33-20-11-12-20/h7-10,13-15,20,34H,5-6,11-12,16H2,1-4H3,(H,33,39). The van der Waals surface area contributed by atoms with Gasteiger partial charge in [0.25, 0.3) is 17.0 Å². The molecular formula is C31H32FN5O6. The molecule has 2 heterocycles. The number of aryl methyl sites for hydroxylation is 2. The molecule has 5 rings (SSSR count). The summed E-state index contributed by atoms with van der Waals surface area (Å²) in [4.78, 5) is 66.9. The van der Waals surface area contributed by atoms with E-state index < -0.39 is 35.1 Å². The topological polar surface area (TPSA) is 133 Å². The molecule has 0 aliphatic heterocycles. The van der Waals surface area contributed by atoms with Crippen LogP contribution in [-0.4, -0.2) is 38.2 Å². The fraction of sp³-hybridized carbons (Fsp3) is 0.323. The fourth-order valence-electron chi connectivity index (χ4n) is 4.99. The van der Waals surface area contributed by atoms with Crippen molar-refractivity contribution in [2.75, 3.05) is 11.9 Å². The van der Waals surface area contributed by atoms with Gasteiger partial charge in [-0.3, -0.25) is 28.3 Å². The number of benzene rings is 2. The number of hydrogen-bond acceptors (Lipinski definition) is 7. The van der Waals surface area contributed by atoms with Crippen molar-refractivity contribution in [3.8, 4) is 5.69 Å². The lowest BCUT2D eigenvalue weighted by Crippen LogP contribution is -2.43. The van der Waals surface area contributed by atoms with Gasteiger partial charge in [-0.25, -0.2) is 13.8 Å². The number of pyridine rings is 1. The molecule has 0 saturated heterocycles. The Bertz CT molecular complexity index is 1950. The molecule has 224 valence electrons. The first kappa shape index (κ1) is 29.5. The summed E-state index contributed by atoms with van der Waals surface area (Å²) in [5.74, 6) is -1.83. The van der Waals surface area contributed by atoms with E-state index in [2.05, 4.69) is 10.6 Å². The third-order valence-electron chi connectivity index (χ3n) is 7.46. The van der Waals surface area contributed by atoms with E-state index in [1.54, 1.807) is 31.2 Å². The molecule has 0 radical (unpaired) electrons. The molecule has 2 N–H and O–H groups in total. The van der Waals surface area contributed by atoms with E-state index in [0.717, 1.165) is 27.5 Å². The normalized spacial score (nSPS) is 12.8. The molecule has 1 aliphatic carbocycles. The van der Waals surface area contributed by atoms with Gasteiger partial charge >= 0.3 is 11.7 Å². The van der Waals surface area contributed by atoms with E-state index in [0.29, 0.717) is 11.0 Å². The lowest BCUT2D eigenvalue weighted by Gasteiger charge is -2.21. The highest BCUT2D eigenvalue weighted by Gasteiger charge is 2.26. The van der Waals surface area contributed by atoms with E-state index in [-0.39, 0.29) is 57.8 Å². The van der Waals surface area contributed by atoms with Crippen molar-refractivity contribution in [1.29, 1.82) is 0 Å². The van der Waals surface area contributed by atoms with Gasteiger partial charge in [0.05, 0.1) is 23.5 Å². The molecule has 1 amide bonds. The number of esters is 1. The lowest BCUT2D eigenvalue weighted by molar-refractivity contribution is -0.143. The van der Waals surface area contributed by atoms with Crippen molar-refractivity contribution in [3.05, 3.63) is 96.2 Å². The van der Waals surface area contributed by atoms with Crippen LogP contribution in [0.15, 0.2) is 56.8 Å². The second kappa shape index (κ2) is 11.7. The number of rotatable bonds is 9. The average Bonchev–Trinajstić information content (AvgIpc) is 3.81. The van der Waals surface area contributed by atoms with Crippen LogP contribution >= 0.6 is 0 Å². The SMILES string of the molecule is CCOC(=O)Cn1c(=O)c2c(Nc3ccc(CC)cc3F)n(C)c(=O)c(C)c2n(-c2cccc(C(=O)NC3CC3)c2)c1=O. The van der Waals surface area contributed by atoms with Crippen molar-refractivity contribution >= 4 is 34.3 Å². The number of anilines is 2. The quantitative estimate of drug-likeness (QED) is 0.287. The minimum absolute atomic E-state index is 0.00481. The summed E-state index contributed by atoms with van der Waals surface area (Å²) in [6, 6.07) is 10.9. The average molecular weight is 590 g/mol. The van der Waals surface area contributed by atoms with Crippen LogP contribution in [0.5, 0.6) is 0 Å². The highest BCUT2D eigenvalue weighted by Crippen LogP contribution is 2.27. The minimum Gasteiger partial charge on any atom is -0.465 e. The van der Waals surface area contributed by atoms with Crippen LogP contribution in [-0.2, 0) is 29.5 Å². The zero-order chi connectivity index (χ0) is 31.0. The number of amides is 1. The molecule has 2 aromatic carbocycles. The van der Waals surface area contributed by atoms with E-state index in [1.807, 2.05) is 6.92 Å². The van der Waals surface area contributed by atoms with Crippen molar-refractivity contribution in [3.63, 3.8) is 0 Å². The van der Waals surface area contributed by atoms with Gasteiger partial charge in [-0.05, 0) is 69.0 Å². The zero-order valence-electron chi connectivity index (χ0n) is 24.3. The number of nitrogens with one attached hydrogen (secondary N) is 2. The zero-order valence-corrected chi connectivity index (χ0v) is 24.3. The van der Waals surface area contributed by atoms with Crippen molar-refractivity contribution in [2.24, 2.45) is 7.05 Å². The summed E-state index contributed by atoms with van der Waals surface area (Å²) in [6.07, 6.45) is 2.37. The molecular weight excluding hydrogens is 557 g/mol. The Kier molecular flexibility index (Phi) is 8.03. The number of hydrogen-bond donors (Lipinski definition) is 2. The smallest absolute Gasteiger partial charge is 0.336 e. The van der Waals surface area contributed by atoms with Crippen LogP contribution in [0.25, 0.3) is 16.6 Å². The molecule has 11 nitrogen and oxygen atoms in total. The van der Waals surface area contributed by atoms with Gasteiger partial charge in [0.15, 0.2) is 0 Å². The van der Waals surface area contributed by atoms with E-state index in [4.69, 9.17) is 4.74 Å². The summed E-state index contributed by atoms with van der Waals surface area (Å²) in [5, 5.41) is 5.65. The number of carbonyl (C=O) groups excluding carboxylic acids is 2. The lowest BCUT2D eigenvalue weighted by atomic mass is 10.1. The Balaban J connectivity index is 1.83. The van der Waals surface area contributed by atoms with Crippen molar-refractivity contribution < 1.29 is 18.7 Å². The summed E-state index contributed by atoms with van der Waals surface area (Å²) in [5.41, 5.74) is -1.08. The number of ether oxygens (including phenoxy) is 1. The molecule has 0 spiro atoms. The third-order valence-corrected chi connectivity index (χ3v) is 7.46. The predicted octanol–water partition coefficient (Wildman–Crippen LogP) is 3.06. The Labute approximate surface area is 245 Å². The second-order valence-electron chi connectivity index (χ2n) is 10.5. The first-order chi connectivity index (χ1) is 20.5. The first-order valence-corrected chi connectivity index (χ1v) is 14.1. The van der Waals surface area contributed by atoms with Gasteiger partial charge in [-0.1, -0.05) is 19.1 Å². The fourth-order valence-corrected chi connectivity index (χ4v) is 4.99. The molecule has 1 fully saturated rings. The van der Waals surface area contributed by atoms with E-state index in [9.17, 15) is 24.0 Å². The van der Waals surface area contributed by atoms with E-state index in [1.165, 1.54) is 32.2 Å². The Morgan fingerprint density at radius 2 is 1.79 bits per heavy atom. The molecule has 1 aliphatic rings. The summed E-state index contributed by atoms with van der Waals surface area (Å²) < 4.78 is 23.1. The van der Waals surface area contributed by atoms with Gasteiger partial charge in [0.1, 0.15) is 23.6 Å². The first-order valence-electron chi connectivity index (χ1n) is 14.1. The van der Waals surface area contributed by atoms with Gasteiger partial charge < -0.3 is 15.4 Å². The number of aromatic nitrogens is 3. The maximum atomic E-state index is 15.1. The highest BCUT2D eigenvalue weighted by atomic mass is 19.1. The number of nitrogens with zero attached hydrogens (tertiary/aromatic N) is 3. The minimum atomic E-state index is -0.911. The Hall–Kier alpha value is -5.00. The number of fused-ring (bicyclic) bond motifs is 1. The van der Waals surface area contributed by atoms with E-state index >= 15 is 4.39 Å². The molecule has 1 saturated carbocycles. The molecule has 43 heavy (non-hydrogen) atoms. The van der Waals surface area contributed by atoms with Crippen LogP contribution in [0.4, 0.5) is 15.9 Å². The summed E-state index contributed by atoms with van der Waals surface area (Å²) in [7, 11) is 1.42. The van der Waals surface area contributed by atoms with Crippen LogP contribution in [0, 0.1) is 12.7 Å². The molecule has 4 aromatic rings. The molecule has 2 aromatic heterocycles. The molecule has 0 unspecified atom stereocenters. The number of halogens is 1. The Morgan fingerprint density at radius 1 is 1.05 bits per heavy atom. The van der Waals surface area contributed by atoms with Gasteiger partial charge in [-0.2, -0.15) is 0 Å². The van der Waals surface area contributed by atoms with Crippen LogP contribution < -0.4 is 27.4 Å². The highest BCUT2D eigenvalue weighted by molar-refractivity contribution is 5.96. The monoisotopic (exact) mass is 589 g/mol. The Morgan fingerprint density at radius 3 is 2.44 bits per heavy atom. The van der Waals surface area contributed by atoms with Gasteiger partial charge in [0.2, 0.25) is 0 Å². The number of carbonyl (C=O) groups is 2. The predicted molar refractivity (Wildman–Crippen MR) is 160 cm³/mol.